The van der Waals surface area contributed by atoms with E-state index in [2.05, 4.69) is 10.6 Å². The third-order valence-electron chi connectivity index (χ3n) is 2.74. The zero-order valence-electron chi connectivity index (χ0n) is 9.78. The normalized spacial score (nSPS) is 22.8. The van der Waals surface area contributed by atoms with E-state index in [0.29, 0.717) is 23.7 Å². The highest BCUT2D eigenvalue weighted by Gasteiger charge is 2.32. The van der Waals surface area contributed by atoms with Gasteiger partial charge in [-0.3, -0.25) is 0 Å². The molecule has 1 aliphatic heterocycles. The van der Waals surface area contributed by atoms with E-state index in [0.717, 1.165) is 0 Å². The van der Waals surface area contributed by atoms with Crippen molar-refractivity contribution in [1.29, 1.82) is 0 Å². The minimum absolute atomic E-state index is 0.166. The molecule has 1 fully saturated rings. The summed E-state index contributed by atoms with van der Waals surface area (Å²) < 4.78 is 5.09. The van der Waals surface area contributed by atoms with Gasteiger partial charge in [0, 0.05) is 23.7 Å². The Kier molecular flexibility index (Phi) is 4.06. The quantitative estimate of drug-likeness (QED) is 0.782. The van der Waals surface area contributed by atoms with Gasteiger partial charge in [0.1, 0.15) is 5.60 Å². The standard InChI is InChI=1S/C12H15ClN2O3/c13-9-2-1-3-10(6-9)15-11(16)14-7-12(17)4-5-18-8-12/h1-3,6,17H,4-5,7-8H2,(H2,14,15,16)/t12-/m0/s1. The van der Waals surface area contributed by atoms with Gasteiger partial charge in [-0.05, 0) is 18.2 Å². The number of amides is 2. The van der Waals surface area contributed by atoms with Crippen molar-refractivity contribution in [3.63, 3.8) is 0 Å². The van der Waals surface area contributed by atoms with E-state index in [1.165, 1.54) is 0 Å². The van der Waals surface area contributed by atoms with Crippen molar-refractivity contribution in [3.8, 4) is 0 Å². The van der Waals surface area contributed by atoms with Crippen molar-refractivity contribution < 1.29 is 14.6 Å². The molecule has 1 saturated heterocycles. The summed E-state index contributed by atoms with van der Waals surface area (Å²) in [5, 5.41) is 15.8. The van der Waals surface area contributed by atoms with Crippen molar-refractivity contribution in [3.05, 3.63) is 29.3 Å². The Morgan fingerprint density at radius 3 is 3.06 bits per heavy atom. The minimum atomic E-state index is -0.953. The molecule has 1 aromatic carbocycles. The van der Waals surface area contributed by atoms with Gasteiger partial charge in [0.15, 0.2) is 0 Å². The molecule has 0 saturated carbocycles. The second-order valence-corrected chi connectivity index (χ2v) is 4.78. The van der Waals surface area contributed by atoms with Crippen molar-refractivity contribution in [1.82, 2.24) is 5.32 Å². The van der Waals surface area contributed by atoms with Gasteiger partial charge in [-0.2, -0.15) is 0 Å². The molecular weight excluding hydrogens is 256 g/mol. The number of benzene rings is 1. The minimum Gasteiger partial charge on any atom is -0.386 e. The Labute approximate surface area is 110 Å². The van der Waals surface area contributed by atoms with Crippen LogP contribution in [0.1, 0.15) is 6.42 Å². The largest absolute Gasteiger partial charge is 0.386 e. The van der Waals surface area contributed by atoms with E-state index in [9.17, 15) is 9.90 Å². The molecule has 1 atom stereocenters. The maximum atomic E-state index is 11.6. The molecular formula is C12H15ClN2O3. The molecule has 0 aromatic heterocycles. The fourth-order valence-electron chi connectivity index (χ4n) is 1.72. The summed E-state index contributed by atoms with van der Waals surface area (Å²) in [5.74, 6) is 0. The maximum absolute atomic E-state index is 11.6. The molecule has 1 aliphatic rings. The highest BCUT2D eigenvalue weighted by Crippen LogP contribution is 2.17. The molecule has 0 bridgehead atoms. The average molecular weight is 271 g/mol. The number of rotatable bonds is 3. The number of nitrogens with one attached hydrogen (secondary N) is 2. The van der Waals surface area contributed by atoms with Crippen LogP contribution in [0, 0.1) is 0 Å². The second-order valence-electron chi connectivity index (χ2n) is 4.34. The van der Waals surface area contributed by atoms with Crippen LogP contribution in [0.5, 0.6) is 0 Å². The molecule has 6 heteroatoms. The first-order chi connectivity index (χ1) is 8.57. The number of hydrogen-bond acceptors (Lipinski definition) is 3. The summed E-state index contributed by atoms with van der Waals surface area (Å²) in [4.78, 5) is 11.6. The van der Waals surface area contributed by atoms with Crippen LogP contribution in [-0.4, -0.2) is 36.5 Å². The van der Waals surface area contributed by atoms with Gasteiger partial charge in [-0.15, -0.1) is 0 Å². The Morgan fingerprint density at radius 2 is 2.39 bits per heavy atom. The van der Waals surface area contributed by atoms with Gasteiger partial charge in [0.2, 0.25) is 0 Å². The molecule has 1 heterocycles. The zero-order chi connectivity index (χ0) is 13.0. The lowest BCUT2D eigenvalue weighted by Crippen LogP contribution is -2.44. The first-order valence-electron chi connectivity index (χ1n) is 5.68. The van der Waals surface area contributed by atoms with Gasteiger partial charge in [-0.25, -0.2) is 4.79 Å². The number of halogens is 1. The van der Waals surface area contributed by atoms with Gasteiger partial charge in [-0.1, -0.05) is 17.7 Å². The molecule has 0 unspecified atom stereocenters. The van der Waals surface area contributed by atoms with Gasteiger partial charge in [0.25, 0.3) is 0 Å². The van der Waals surface area contributed by atoms with Crippen LogP contribution in [0.4, 0.5) is 10.5 Å². The molecule has 18 heavy (non-hydrogen) atoms. The number of urea groups is 1. The second kappa shape index (κ2) is 5.56. The first kappa shape index (κ1) is 13.1. The van der Waals surface area contributed by atoms with Crippen LogP contribution in [0.15, 0.2) is 24.3 Å². The molecule has 98 valence electrons. The molecule has 0 radical (unpaired) electrons. The fraction of sp³-hybridized carbons (Fsp3) is 0.417. The number of hydrogen-bond donors (Lipinski definition) is 3. The Hall–Kier alpha value is -1.30. The van der Waals surface area contributed by atoms with E-state index < -0.39 is 5.60 Å². The number of anilines is 1. The summed E-state index contributed by atoms with van der Waals surface area (Å²) in [6.07, 6.45) is 0.532. The van der Waals surface area contributed by atoms with E-state index in [1.807, 2.05) is 0 Å². The third kappa shape index (κ3) is 3.60. The van der Waals surface area contributed by atoms with Crippen molar-refractivity contribution in [2.75, 3.05) is 25.1 Å². The van der Waals surface area contributed by atoms with Crippen LogP contribution >= 0.6 is 11.6 Å². The van der Waals surface area contributed by atoms with E-state index in [4.69, 9.17) is 16.3 Å². The van der Waals surface area contributed by atoms with E-state index >= 15 is 0 Å². The Morgan fingerprint density at radius 1 is 1.56 bits per heavy atom. The zero-order valence-corrected chi connectivity index (χ0v) is 10.5. The lowest BCUT2D eigenvalue weighted by atomic mass is 10.0. The molecule has 1 aromatic rings. The summed E-state index contributed by atoms with van der Waals surface area (Å²) in [5.41, 5.74) is -0.347. The first-order valence-corrected chi connectivity index (χ1v) is 6.06. The van der Waals surface area contributed by atoms with Crippen LogP contribution in [0.25, 0.3) is 0 Å². The number of ether oxygens (including phenoxy) is 1. The lowest BCUT2D eigenvalue weighted by Gasteiger charge is -2.20. The predicted molar refractivity (Wildman–Crippen MR) is 68.9 cm³/mol. The average Bonchev–Trinajstić information content (AvgIpc) is 2.74. The third-order valence-corrected chi connectivity index (χ3v) is 2.98. The highest BCUT2D eigenvalue weighted by atomic mass is 35.5. The van der Waals surface area contributed by atoms with Crippen LogP contribution in [-0.2, 0) is 4.74 Å². The van der Waals surface area contributed by atoms with Crippen LogP contribution in [0.2, 0.25) is 5.02 Å². The Balaban J connectivity index is 1.82. The summed E-state index contributed by atoms with van der Waals surface area (Å²) >= 11 is 5.80. The molecule has 2 rings (SSSR count). The molecule has 3 N–H and O–H groups in total. The Bertz CT molecular complexity index is 433. The van der Waals surface area contributed by atoms with Crippen LogP contribution in [0.3, 0.4) is 0 Å². The highest BCUT2D eigenvalue weighted by molar-refractivity contribution is 6.30. The van der Waals surface area contributed by atoms with E-state index in [1.54, 1.807) is 24.3 Å². The topological polar surface area (TPSA) is 70.6 Å². The van der Waals surface area contributed by atoms with E-state index in [-0.39, 0.29) is 19.2 Å². The number of carbonyl (C=O) groups is 1. The number of aliphatic hydroxyl groups is 1. The lowest BCUT2D eigenvalue weighted by molar-refractivity contribution is 0.0295. The molecule has 0 spiro atoms. The number of carbonyl (C=O) groups excluding carboxylic acids is 1. The summed E-state index contributed by atoms with van der Waals surface area (Å²) in [7, 11) is 0. The van der Waals surface area contributed by atoms with Crippen molar-refractivity contribution in [2.45, 2.75) is 12.0 Å². The van der Waals surface area contributed by atoms with Gasteiger partial charge >= 0.3 is 6.03 Å². The smallest absolute Gasteiger partial charge is 0.319 e. The van der Waals surface area contributed by atoms with Crippen molar-refractivity contribution >= 4 is 23.3 Å². The van der Waals surface area contributed by atoms with Crippen LogP contribution < -0.4 is 10.6 Å². The predicted octanol–water partition coefficient (Wildman–Crippen LogP) is 1.61. The summed E-state index contributed by atoms with van der Waals surface area (Å²) in [6, 6.07) is 6.48. The monoisotopic (exact) mass is 270 g/mol. The molecule has 0 aliphatic carbocycles. The van der Waals surface area contributed by atoms with Gasteiger partial charge in [0.05, 0.1) is 13.2 Å². The SMILES string of the molecule is O=C(NC[C@@]1(O)CCOC1)Nc1cccc(Cl)c1. The fourth-order valence-corrected chi connectivity index (χ4v) is 1.91. The maximum Gasteiger partial charge on any atom is 0.319 e. The van der Waals surface area contributed by atoms with Crippen molar-refractivity contribution in [2.24, 2.45) is 0 Å². The molecule has 2 amide bonds. The van der Waals surface area contributed by atoms with Gasteiger partial charge < -0.3 is 20.5 Å². The summed E-state index contributed by atoms with van der Waals surface area (Å²) in [6.45, 7) is 0.942. The molecule has 5 nitrogen and oxygen atoms in total.